The Hall–Kier alpha value is -1.36. The Morgan fingerprint density at radius 1 is 1.26 bits per heavy atom. The molecule has 100 valence electrons. The second-order valence-electron chi connectivity index (χ2n) is 4.66. The van der Waals surface area contributed by atoms with Gasteiger partial charge < -0.3 is 9.73 Å². The van der Waals surface area contributed by atoms with Crippen molar-refractivity contribution >= 4 is 21.7 Å². The first-order valence-electron chi connectivity index (χ1n) is 6.67. The number of aromatic nitrogens is 2. The molecule has 0 aliphatic heterocycles. The zero-order valence-corrected chi connectivity index (χ0v) is 12.5. The minimum atomic E-state index is 0.669. The summed E-state index contributed by atoms with van der Waals surface area (Å²) < 4.78 is 6.26. The van der Waals surface area contributed by atoms with Gasteiger partial charge in [0, 0.05) is 17.8 Å². The molecule has 0 aromatic carbocycles. The lowest BCUT2D eigenvalue weighted by Gasteiger charge is -2.19. The standard InChI is InChI=1S/C14H16BrN3O/c1-2-16-13-9-5-3-4-6-10(9)17-14(18-13)11-7-8-12(15)19-11/h7-8H,2-6H2,1H3,(H,16,17,18). The van der Waals surface area contributed by atoms with Gasteiger partial charge in [-0.15, -0.1) is 0 Å². The summed E-state index contributed by atoms with van der Waals surface area (Å²) in [5.41, 5.74) is 2.45. The van der Waals surface area contributed by atoms with Crippen LogP contribution < -0.4 is 5.32 Å². The number of furan rings is 1. The van der Waals surface area contributed by atoms with E-state index in [4.69, 9.17) is 4.42 Å². The van der Waals surface area contributed by atoms with Crippen LogP contribution in [0.2, 0.25) is 0 Å². The Kier molecular flexibility index (Phi) is 3.55. The minimum Gasteiger partial charge on any atom is -0.446 e. The number of nitrogens with zero attached hydrogens (tertiary/aromatic N) is 2. The van der Waals surface area contributed by atoms with Gasteiger partial charge in [0.05, 0.1) is 0 Å². The number of hydrogen-bond acceptors (Lipinski definition) is 4. The van der Waals surface area contributed by atoms with Crippen LogP contribution in [0.4, 0.5) is 5.82 Å². The molecular formula is C14H16BrN3O. The molecule has 0 unspecified atom stereocenters. The van der Waals surface area contributed by atoms with Gasteiger partial charge >= 0.3 is 0 Å². The third-order valence-electron chi connectivity index (χ3n) is 3.32. The molecule has 1 N–H and O–H groups in total. The smallest absolute Gasteiger partial charge is 0.197 e. The van der Waals surface area contributed by atoms with Gasteiger partial charge in [-0.1, -0.05) is 0 Å². The third-order valence-corrected chi connectivity index (χ3v) is 3.75. The molecular weight excluding hydrogens is 306 g/mol. The van der Waals surface area contributed by atoms with Crippen molar-refractivity contribution in [2.75, 3.05) is 11.9 Å². The first-order chi connectivity index (χ1) is 9.28. The summed E-state index contributed by atoms with van der Waals surface area (Å²) in [5, 5.41) is 3.35. The zero-order valence-electron chi connectivity index (χ0n) is 10.9. The summed E-state index contributed by atoms with van der Waals surface area (Å²) in [7, 11) is 0. The van der Waals surface area contributed by atoms with Crippen LogP contribution in [-0.4, -0.2) is 16.5 Å². The fourth-order valence-electron chi connectivity index (χ4n) is 2.45. The van der Waals surface area contributed by atoms with Gasteiger partial charge in [0.1, 0.15) is 5.82 Å². The van der Waals surface area contributed by atoms with Crippen LogP contribution in [0.15, 0.2) is 21.2 Å². The monoisotopic (exact) mass is 321 g/mol. The molecule has 0 saturated heterocycles. The molecule has 2 heterocycles. The summed E-state index contributed by atoms with van der Waals surface area (Å²) in [6, 6.07) is 3.76. The Labute approximate surface area is 120 Å². The molecule has 19 heavy (non-hydrogen) atoms. The highest BCUT2D eigenvalue weighted by Crippen LogP contribution is 2.29. The third kappa shape index (κ3) is 2.52. The SMILES string of the molecule is CCNc1nc(-c2ccc(Br)o2)nc2c1CCCC2. The number of fused-ring (bicyclic) bond motifs is 1. The van der Waals surface area contributed by atoms with Crippen LogP contribution >= 0.6 is 15.9 Å². The predicted molar refractivity (Wildman–Crippen MR) is 78.2 cm³/mol. The van der Waals surface area contributed by atoms with Gasteiger partial charge in [-0.05, 0) is 60.7 Å². The van der Waals surface area contributed by atoms with E-state index in [1.165, 1.54) is 24.1 Å². The van der Waals surface area contributed by atoms with E-state index < -0.39 is 0 Å². The van der Waals surface area contributed by atoms with Gasteiger partial charge in [-0.2, -0.15) is 0 Å². The van der Waals surface area contributed by atoms with Gasteiger partial charge in [0.15, 0.2) is 16.3 Å². The van der Waals surface area contributed by atoms with Crippen LogP contribution in [0.25, 0.3) is 11.6 Å². The van der Waals surface area contributed by atoms with Crippen molar-refractivity contribution in [3.63, 3.8) is 0 Å². The first-order valence-corrected chi connectivity index (χ1v) is 7.46. The number of nitrogens with one attached hydrogen (secondary N) is 1. The van der Waals surface area contributed by atoms with Crippen molar-refractivity contribution in [2.45, 2.75) is 32.6 Å². The zero-order chi connectivity index (χ0) is 13.2. The van der Waals surface area contributed by atoms with Gasteiger partial charge in [0.2, 0.25) is 0 Å². The van der Waals surface area contributed by atoms with E-state index >= 15 is 0 Å². The fourth-order valence-corrected chi connectivity index (χ4v) is 2.76. The van der Waals surface area contributed by atoms with Crippen molar-refractivity contribution in [2.24, 2.45) is 0 Å². The van der Waals surface area contributed by atoms with Crippen LogP contribution in [0.5, 0.6) is 0 Å². The minimum absolute atomic E-state index is 0.669. The number of aryl methyl sites for hydroxylation is 1. The number of rotatable bonds is 3. The van der Waals surface area contributed by atoms with Crippen LogP contribution in [0, 0.1) is 0 Å². The summed E-state index contributed by atoms with van der Waals surface area (Å²) in [4.78, 5) is 9.30. The molecule has 0 spiro atoms. The number of halogens is 1. The lowest BCUT2D eigenvalue weighted by atomic mass is 9.96. The molecule has 1 aliphatic carbocycles. The average Bonchev–Trinajstić information content (AvgIpc) is 2.86. The van der Waals surface area contributed by atoms with Gasteiger partial charge in [0.25, 0.3) is 0 Å². The van der Waals surface area contributed by atoms with Crippen molar-refractivity contribution < 1.29 is 4.42 Å². The van der Waals surface area contributed by atoms with Gasteiger partial charge in [-0.3, -0.25) is 0 Å². The largest absolute Gasteiger partial charge is 0.446 e. The van der Waals surface area contributed by atoms with Crippen LogP contribution in [0.3, 0.4) is 0 Å². The van der Waals surface area contributed by atoms with Crippen molar-refractivity contribution in [1.29, 1.82) is 0 Å². The lowest BCUT2D eigenvalue weighted by Crippen LogP contribution is -2.13. The van der Waals surface area contributed by atoms with E-state index in [1.54, 1.807) is 0 Å². The summed E-state index contributed by atoms with van der Waals surface area (Å²) >= 11 is 3.32. The Balaban J connectivity index is 2.08. The molecule has 0 amide bonds. The van der Waals surface area contributed by atoms with Gasteiger partial charge in [-0.25, -0.2) is 9.97 Å². The molecule has 4 nitrogen and oxygen atoms in total. The van der Waals surface area contributed by atoms with Crippen molar-refractivity contribution in [1.82, 2.24) is 9.97 Å². The first kappa shape index (κ1) is 12.7. The maximum absolute atomic E-state index is 5.56. The average molecular weight is 322 g/mol. The Bertz CT molecular complexity index is 594. The molecule has 0 saturated carbocycles. The quantitative estimate of drug-likeness (QED) is 0.933. The molecule has 0 atom stereocenters. The van der Waals surface area contributed by atoms with E-state index in [2.05, 4.69) is 38.1 Å². The molecule has 0 radical (unpaired) electrons. The molecule has 5 heteroatoms. The Morgan fingerprint density at radius 3 is 2.84 bits per heavy atom. The van der Waals surface area contributed by atoms with E-state index in [-0.39, 0.29) is 0 Å². The molecule has 3 rings (SSSR count). The fraction of sp³-hybridized carbons (Fsp3) is 0.429. The maximum atomic E-state index is 5.56. The highest BCUT2D eigenvalue weighted by molar-refractivity contribution is 9.10. The van der Waals surface area contributed by atoms with Crippen molar-refractivity contribution in [3.8, 4) is 11.6 Å². The summed E-state index contributed by atoms with van der Waals surface area (Å²) in [6.07, 6.45) is 4.53. The van der Waals surface area contributed by atoms with Crippen LogP contribution in [0.1, 0.15) is 31.0 Å². The second-order valence-corrected chi connectivity index (χ2v) is 5.44. The second kappa shape index (κ2) is 5.33. The predicted octanol–water partition coefficient (Wildman–Crippen LogP) is 3.81. The maximum Gasteiger partial charge on any atom is 0.197 e. The van der Waals surface area contributed by atoms with Crippen LogP contribution in [-0.2, 0) is 12.8 Å². The molecule has 2 aromatic rings. The molecule has 1 aliphatic rings. The summed E-state index contributed by atoms with van der Waals surface area (Å²) in [6.45, 7) is 2.95. The number of anilines is 1. The highest BCUT2D eigenvalue weighted by Gasteiger charge is 2.19. The molecule has 0 fully saturated rings. The van der Waals surface area contributed by atoms with E-state index in [9.17, 15) is 0 Å². The van der Waals surface area contributed by atoms with E-state index in [0.717, 1.165) is 25.2 Å². The lowest BCUT2D eigenvalue weighted by molar-refractivity contribution is 0.549. The Morgan fingerprint density at radius 2 is 2.11 bits per heavy atom. The van der Waals surface area contributed by atoms with E-state index in [0.29, 0.717) is 16.3 Å². The molecule has 0 bridgehead atoms. The topological polar surface area (TPSA) is 51.0 Å². The summed E-state index contributed by atoms with van der Waals surface area (Å²) in [5.74, 6) is 2.34. The van der Waals surface area contributed by atoms with E-state index in [1.807, 2.05) is 12.1 Å². The van der Waals surface area contributed by atoms with Crippen molar-refractivity contribution in [3.05, 3.63) is 28.1 Å². The normalized spacial score (nSPS) is 14.2. The highest BCUT2D eigenvalue weighted by atomic mass is 79.9. The molecule has 2 aromatic heterocycles. The number of hydrogen-bond donors (Lipinski definition) is 1.